The fourth-order valence-corrected chi connectivity index (χ4v) is 6.02. The molecule has 1 saturated heterocycles. The fourth-order valence-electron chi connectivity index (χ4n) is 6.02. The average Bonchev–Trinajstić information content (AvgIpc) is 3.30. The van der Waals surface area contributed by atoms with Crippen molar-refractivity contribution in [3.63, 3.8) is 0 Å². The van der Waals surface area contributed by atoms with E-state index in [1.165, 1.54) is 36.1 Å². The zero-order chi connectivity index (χ0) is 22.1. The topological polar surface area (TPSA) is 50.1 Å². The predicted molar refractivity (Wildman–Crippen MR) is 128 cm³/mol. The first-order valence-corrected chi connectivity index (χ1v) is 12.0. The van der Waals surface area contributed by atoms with Gasteiger partial charge in [-0.25, -0.2) is 0 Å². The van der Waals surface area contributed by atoms with E-state index < -0.39 is 0 Å². The van der Waals surface area contributed by atoms with Gasteiger partial charge >= 0.3 is 0 Å². The number of rotatable bonds is 4. The summed E-state index contributed by atoms with van der Waals surface area (Å²) in [4.78, 5) is 5.21. The number of benzene rings is 2. The summed E-state index contributed by atoms with van der Waals surface area (Å²) in [5.74, 6) is 1.53. The summed E-state index contributed by atoms with van der Waals surface area (Å²) in [6.07, 6.45) is 4.85. The third-order valence-corrected chi connectivity index (χ3v) is 7.73. The molecule has 3 aromatic rings. The Morgan fingerprint density at radius 1 is 0.875 bits per heavy atom. The van der Waals surface area contributed by atoms with Gasteiger partial charge in [-0.05, 0) is 66.3 Å². The van der Waals surface area contributed by atoms with Crippen LogP contribution >= 0.6 is 0 Å². The van der Waals surface area contributed by atoms with Crippen LogP contribution in [0.5, 0.6) is 0 Å². The van der Waals surface area contributed by atoms with Crippen LogP contribution in [0, 0.1) is 19.8 Å². The van der Waals surface area contributed by atoms with Crippen molar-refractivity contribution in [1.29, 1.82) is 0 Å². The first-order valence-electron chi connectivity index (χ1n) is 12.0. The molecule has 0 spiro atoms. The van der Waals surface area contributed by atoms with Gasteiger partial charge in [-0.1, -0.05) is 56.2 Å². The van der Waals surface area contributed by atoms with Gasteiger partial charge in [0.25, 0.3) is 0 Å². The van der Waals surface area contributed by atoms with Gasteiger partial charge in [-0.2, -0.15) is 4.68 Å². The molecule has 0 amide bonds. The lowest BCUT2D eigenvalue weighted by Gasteiger charge is -2.52. The molecule has 2 aromatic carbocycles. The lowest BCUT2D eigenvalue weighted by Crippen LogP contribution is -2.60. The second kappa shape index (κ2) is 8.66. The molecule has 168 valence electrons. The number of piperazine rings is 1. The van der Waals surface area contributed by atoms with Crippen LogP contribution in [0.3, 0.4) is 0 Å². The molecule has 2 heterocycles. The van der Waals surface area contributed by atoms with Gasteiger partial charge < -0.3 is 4.90 Å². The maximum atomic E-state index is 4.72. The molecule has 1 saturated carbocycles. The van der Waals surface area contributed by atoms with Crippen LogP contribution in [0.25, 0.3) is 5.69 Å². The number of anilines is 1. The molecule has 2 aliphatic rings. The Balaban J connectivity index is 1.52. The average molecular weight is 431 g/mol. The number of aromatic nitrogens is 4. The maximum absolute atomic E-state index is 4.72. The largest absolute Gasteiger partial charge is 0.369 e. The number of hydrogen-bond donors (Lipinski definition) is 0. The zero-order valence-corrected chi connectivity index (χ0v) is 19.5. The monoisotopic (exact) mass is 430 g/mol. The van der Waals surface area contributed by atoms with E-state index in [9.17, 15) is 0 Å². The van der Waals surface area contributed by atoms with Crippen molar-refractivity contribution in [3.8, 4) is 5.69 Å². The third kappa shape index (κ3) is 3.51. The number of tetrazole rings is 1. The second-order valence-electron chi connectivity index (χ2n) is 9.54. The molecule has 0 N–H and O–H groups in total. The van der Waals surface area contributed by atoms with E-state index >= 15 is 0 Å². The standard InChI is InChI=1S/C26H34N6/c1-20-10-9-11-21(2)24(20)32-25(27-28-29-32)26(15-8-7-12-22(26)3)31-18-16-30(17-19-31)23-13-5-4-6-14-23/h4-6,9-11,13-14,22H,7-8,12,15-19H2,1-3H3/t22-,26+/m0/s1. The van der Waals surface area contributed by atoms with E-state index in [1.54, 1.807) is 0 Å². The van der Waals surface area contributed by atoms with Gasteiger partial charge in [0.1, 0.15) is 0 Å². The highest BCUT2D eigenvalue weighted by Crippen LogP contribution is 2.46. The molecule has 0 radical (unpaired) electrons. The number of aryl methyl sites for hydroxylation is 2. The minimum atomic E-state index is -0.126. The van der Waals surface area contributed by atoms with Crippen molar-refractivity contribution in [1.82, 2.24) is 25.1 Å². The Hall–Kier alpha value is -2.73. The molecule has 2 fully saturated rings. The van der Waals surface area contributed by atoms with Crippen LogP contribution < -0.4 is 4.90 Å². The van der Waals surface area contributed by atoms with Gasteiger partial charge in [0.15, 0.2) is 5.82 Å². The Labute approximate surface area is 191 Å². The van der Waals surface area contributed by atoms with E-state index in [0.29, 0.717) is 5.92 Å². The van der Waals surface area contributed by atoms with E-state index in [-0.39, 0.29) is 5.54 Å². The van der Waals surface area contributed by atoms with Crippen molar-refractivity contribution < 1.29 is 0 Å². The second-order valence-corrected chi connectivity index (χ2v) is 9.54. The van der Waals surface area contributed by atoms with Gasteiger partial charge in [-0.15, -0.1) is 5.10 Å². The lowest BCUT2D eigenvalue weighted by atomic mass is 9.71. The molecular weight excluding hydrogens is 396 g/mol. The normalized spacial score (nSPS) is 24.6. The predicted octanol–water partition coefficient (Wildman–Crippen LogP) is 4.51. The van der Waals surface area contributed by atoms with Crippen molar-refractivity contribution in [2.24, 2.45) is 5.92 Å². The van der Waals surface area contributed by atoms with Gasteiger partial charge in [-0.3, -0.25) is 4.90 Å². The van der Waals surface area contributed by atoms with Gasteiger partial charge in [0, 0.05) is 31.9 Å². The lowest BCUT2D eigenvalue weighted by molar-refractivity contribution is -0.0110. The van der Waals surface area contributed by atoms with E-state index in [0.717, 1.165) is 44.1 Å². The van der Waals surface area contributed by atoms with Crippen molar-refractivity contribution >= 4 is 5.69 Å². The van der Waals surface area contributed by atoms with Crippen LogP contribution in [0.1, 0.15) is 49.6 Å². The van der Waals surface area contributed by atoms with Crippen molar-refractivity contribution in [3.05, 3.63) is 65.5 Å². The Bertz CT molecular complexity index is 1030. The summed E-state index contributed by atoms with van der Waals surface area (Å²) in [6.45, 7) is 10.8. The molecule has 6 nitrogen and oxygen atoms in total. The molecule has 0 unspecified atom stereocenters. The molecule has 5 rings (SSSR count). The molecule has 1 aliphatic heterocycles. The highest BCUT2D eigenvalue weighted by Gasteiger charge is 2.49. The SMILES string of the molecule is Cc1cccc(C)c1-n1nnnc1[C@@]1(N2CCN(c3ccccc3)CC2)CCCC[C@@H]1C. The third-order valence-electron chi connectivity index (χ3n) is 7.73. The summed E-state index contributed by atoms with van der Waals surface area (Å²) >= 11 is 0. The number of hydrogen-bond acceptors (Lipinski definition) is 5. The van der Waals surface area contributed by atoms with Crippen LogP contribution in [0.4, 0.5) is 5.69 Å². The van der Waals surface area contributed by atoms with Crippen LogP contribution in [0.2, 0.25) is 0 Å². The van der Waals surface area contributed by atoms with Crippen LogP contribution in [-0.2, 0) is 5.54 Å². The number of nitrogens with zero attached hydrogens (tertiary/aromatic N) is 6. The summed E-state index contributed by atoms with van der Waals surface area (Å²) in [5, 5.41) is 13.5. The molecule has 32 heavy (non-hydrogen) atoms. The van der Waals surface area contributed by atoms with E-state index in [1.807, 2.05) is 0 Å². The Morgan fingerprint density at radius 2 is 1.59 bits per heavy atom. The van der Waals surface area contributed by atoms with Gasteiger partial charge in [0.05, 0.1) is 11.2 Å². The summed E-state index contributed by atoms with van der Waals surface area (Å²) in [7, 11) is 0. The summed E-state index contributed by atoms with van der Waals surface area (Å²) in [6, 6.07) is 17.2. The molecule has 6 heteroatoms. The quantitative estimate of drug-likeness (QED) is 0.610. The van der Waals surface area contributed by atoms with E-state index in [2.05, 4.69) is 94.2 Å². The van der Waals surface area contributed by atoms with E-state index in [4.69, 9.17) is 5.10 Å². The molecule has 1 aromatic heterocycles. The molecular formula is C26H34N6. The summed E-state index contributed by atoms with van der Waals surface area (Å²) in [5.41, 5.74) is 4.75. The Morgan fingerprint density at radius 3 is 2.28 bits per heavy atom. The fraction of sp³-hybridized carbons (Fsp3) is 0.500. The first kappa shape index (κ1) is 21.1. The molecule has 1 aliphatic carbocycles. The van der Waals surface area contributed by atoms with Crippen LogP contribution in [-0.4, -0.2) is 51.3 Å². The Kier molecular flexibility index (Phi) is 5.72. The first-order chi connectivity index (χ1) is 15.6. The minimum Gasteiger partial charge on any atom is -0.369 e. The highest BCUT2D eigenvalue weighted by molar-refractivity contribution is 5.48. The van der Waals surface area contributed by atoms with Crippen molar-refractivity contribution in [2.75, 3.05) is 31.1 Å². The zero-order valence-electron chi connectivity index (χ0n) is 19.5. The molecule has 2 atom stereocenters. The maximum Gasteiger partial charge on any atom is 0.177 e. The minimum absolute atomic E-state index is 0.126. The van der Waals surface area contributed by atoms with Crippen LogP contribution in [0.15, 0.2) is 48.5 Å². The van der Waals surface area contributed by atoms with Gasteiger partial charge in [0.2, 0.25) is 0 Å². The summed E-state index contributed by atoms with van der Waals surface area (Å²) < 4.78 is 2.05. The van der Waals surface area contributed by atoms with Crippen molar-refractivity contribution in [2.45, 2.75) is 52.0 Å². The smallest absolute Gasteiger partial charge is 0.177 e. The molecule has 0 bridgehead atoms. The highest BCUT2D eigenvalue weighted by atomic mass is 15.6. The number of para-hydroxylation sites is 2.